The van der Waals surface area contributed by atoms with E-state index in [1.54, 1.807) is 12.2 Å². The second kappa shape index (κ2) is 11.3. The van der Waals surface area contributed by atoms with Crippen molar-refractivity contribution in [3.63, 3.8) is 0 Å². The third-order valence-electron chi connectivity index (χ3n) is 2.69. The summed E-state index contributed by atoms with van der Waals surface area (Å²) in [5, 5.41) is 2.91. The minimum absolute atomic E-state index is 0.0299. The first-order chi connectivity index (χ1) is 9.49. The predicted molar refractivity (Wildman–Crippen MR) is 81.2 cm³/mol. The van der Waals surface area contributed by atoms with Crippen LogP contribution in [0.1, 0.15) is 46.0 Å². The van der Waals surface area contributed by atoms with E-state index in [1.807, 2.05) is 0 Å². The van der Waals surface area contributed by atoms with Gasteiger partial charge in [0.1, 0.15) is 6.61 Å². The topological polar surface area (TPSA) is 55.4 Å². The second-order valence-corrected chi connectivity index (χ2v) is 5.23. The molecule has 0 unspecified atom stereocenters. The zero-order valence-corrected chi connectivity index (χ0v) is 12.7. The minimum atomic E-state index is -0.251. The molecular weight excluding hydrogens is 254 g/mol. The predicted octanol–water partition coefficient (Wildman–Crippen LogP) is 2.99. The minimum Gasteiger partial charge on any atom is -0.463 e. The van der Waals surface area contributed by atoms with Gasteiger partial charge in [-0.25, -0.2) is 0 Å². The fraction of sp³-hybridized carbons (Fsp3) is 0.625. The molecule has 0 aromatic heterocycles. The Morgan fingerprint density at radius 3 is 2.30 bits per heavy atom. The van der Waals surface area contributed by atoms with Crippen LogP contribution in [0, 0.1) is 5.92 Å². The van der Waals surface area contributed by atoms with E-state index in [4.69, 9.17) is 4.74 Å². The van der Waals surface area contributed by atoms with E-state index in [2.05, 4.69) is 32.3 Å². The van der Waals surface area contributed by atoms with Crippen molar-refractivity contribution < 1.29 is 14.3 Å². The molecule has 0 spiro atoms. The van der Waals surface area contributed by atoms with E-state index in [-0.39, 0.29) is 24.5 Å². The maximum Gasteiger partial charge on any atom is 0.306 e. The summed E-state index contributed by atoms with van der Waals surface area (Å²) in [5.74, 6) is 0.142. The number of hydrogen-bond acceptors (Lipinski definition) is 3. The van der Waals surface area contributed by atoms with Crippen molar-refractivity contribution in [3.8, 4) is 0 Å². The van der Waals surface area contributed by atoms with Crippen molar-refractivity contribution in [1.82, 2.24) is 5.32 Å². The Hall–Kier alpha value is -1.58. The first-order valence-corrected chi connectivity index (χ1v) is 7.16. The van der Waals surface area contributed by atoms with Gasteiger partial charge in [-0.05, 0) is 25.2 Å². The smallest absolute Gasteiger partial charge is 0.306 e. The van der Waals surface area contributed by atoms with Crippen molar-refractivity contribution in [2.75, 3.05) is 6.61 Å². The van der Waals surface area contributed by atoms with Gasteiger partial charge in [-0.1, -0.05) is 26.0 Å². The Morgan fingerprint density at radius 2 is 1.75 bits per heavy atom. The average molecular weight is 281 g/mol. The van der Waals surface area contributed by atoms with Crippen LogP contribution >= 0.6 is 0 Å². The first-order valence-electron chi connectivity index (χ1n) is 7.16. The van der Waals surface area contributed by atoms with Gasteiger partial charge in [-0.3, -0.25) is 9.59 Å². The van der Waals surface area contributed by atoms with Crippen LogP contribution in [-0.2, 0) is 14.3 Å². The van der Waals surface area contributed by atoms with Gasteiger partial charge in [0.05, 0.1) is 6.04 Å². The second-order valence-electron chi connectivity index (χ2n) is 5.23. The molecule has 0 saturated carbocycles. The van der Waals surface area contributed by atoms with Crippen LogP contribution in [0.25, 0.3) is 0 Å². The van der Waals surface area contributed by atoms with Crippen LogP contribution in [0.5, 0.6) is 0 Å². The summed E-state index contributed by atoms with van der Waals surface area (Å²) in [6.45, 7) is 11.5. The van der Waals surface area contributed by atoms with Gasteiger partial charge in [0.25, 0.3) is 0 Å². The first kappa shape index (κ1) is 18.4. The summed E-state index contributed by atoms with van der Waals surface area (Å²) in [7, 11) is 0. The van der Waals surface area contributed by atoms with Crippen LogP contribution in [0.3, 0.4) is 0 Å². The number of esters is 1. The molecule has 0 saturated heterocycles. The number of ether oxygens (including phenoxy) is 1. The lowest BCUT2D eigenvalue weighted by atomic mass is 10.0. The zero-order valence-electron chi connectivity index (χ0n) is 12.7. The molecule has 0 fully saturated rings. The Kier molecular flexibility index (Phi) is 10.4. The number of rotatable bonds is 11. The van der Waals surface area contributed by atoms with Crippen LogP contribution in [0.2, 0.25) is 0 Å². The zero-order chi connectivity index (χ0) is 15.4. The van der Waals surface area contributed by atoms with Gasteiger partial charge in [0, 0.05) is 12.8 Å². The molecule has 1 N–H and O–H groups in total. The van der Waals surface area contributed by atoms with E-state index in [9.17, 15) is 9.59 Å². The fourth-order valence-corrected chi connectivity index (χ4v) is 1.76. The highest BCUT2D eigenvalue weighted by molar-refractivity contribution is 5.76. The molecule has 1 amide bonds. The Labute approximate surface area is 122 Å². The van der Waals surface area contributed by atoms with E-state index >= 15 is 0 Å². The average Bonchev–Trinajstić information content (AvgIpc) is 2.39. The molecule has 0 aliphatic carbocycles. The summed E-state index contributed by atoms with van der Waals surface area (Å²) in [6.07, 6.45) is 6.20. The summed E-state index contributed by atoms with van der Waals surface area (Å²) >= 11 is 0. The molecule has 114 valence electrons. The van der Waals surface area contributed by atoms with Gasteiger partial charge in [-0.15, -0.1) is 13.2 Å². The molecule has 0 bridgehead atoms. The van der Waals surface area contributed by atoms with Crippen molar-refractivity contribution in [2.45, 2.75) is 52.0 Å². The molecule has 20 heavy (non-hydrogen) atoms. The molecule has 0 aromatic carbocycles. The highest BCUT2D eigenvalue weighted by Gasteiger charge is 2.15. The highest BCUT2D eigenvalue weighted by Crippen LogP contribution is 2.07. The van der Waals surface area contributed by atoms with Gasteiger partial charge in [0.2, 0.25) is 5.91 Å². The molecule has 0 aromatic rings. The lowest BCUT2D eigenvalue weighted by Crippen LogP contribution is -2.39. The Morgan fingerprint density at radius 1 is 1.15 bits per heavy atom. The number of amides is 1. The number of nitrogens with one attached hydrogen (secondary N) is 1. The van der Waals surface area contributed by atoms with Crippen molar-refractivity contribution in [2.24, 2.45) is 5.92 Å². The molecule has 0 aliphatic heterocycles. The van der Waals surface area contributed by atoms with E-state index in [0.29, 0.717) is 31.6 Å². The third-order valence-corrected chi connectivity index (χ3v) is 2.69. The number of allylic oxidation sites excluding steroid dienone is 2. The van der Waals surface area contributed by atoms with Crippen LogP contribution in [0.15, 0.2) is 25.3 Å². The monoisotopic (exact) mass is 281 g/mol. The van der Waals surface area contributed by atoms with E-state index in [1.165, 1.54) is 0 Å². The molecule has 0 heterocycles. The normalized spacial score (nSPS) is 11.8. The molecule has 4 nitrogen and oxygen atoms in total. The highest BCUT2D eigenvalue weighted by atomic mass is 16.5. The van der Waals surface area contributed by atoms with Crippen molar-refractivity contribution in [3.05, 3.63) is 25.3 Å². The summed E-state index contributed by atoms with van der Waals surface area (Å²) < 4.78 is 5.19. The van der Waals surface area contributed by atoms with E-state index in [0.717, 1.165) is 6.42 Å². The number of carbonyl (C=O) groups excluding carboxylic acids is 2. The van der Waals surface area contributed by atoms with E-state index < -0.39 is 0 Å². The largest absolute Gasteiger partial charge is 0.463 e. The standard InChI is InChI=1S/C16H27NO3/c1-5-7-9-15(18)17-14(11-13(3)4)12-20-16(19)10-8-6-2/h5-6,13-14H,1-2,7-12H2,3-4H3,(H,17,18)/t14-/m0/s1. The van der Waals surface area contributed by atoms with Crippen LogP contribution in [0.4, 0.5) is 0 Å². The number of hydrogen-bond donors (Lipinski definition) is 1. The SMILES string of the molecule is C=CCCC(=O)N[C@H](COC(=O)CCC=C)CC(C)C. The third kappa shape index (κ3) is 10.4. The maximum absolute atomic E-state index is 11.7. The molecule has 0 radical (unpaired) electrons. The summed E-state index contributed by atoms with van der Waals surface area (Å²) in [4.78, 5) is 23.2. The Balaban J connectivity index is 4.19. The Bertz CT molecular complexity index is 324. The lowest BCUT2D eigenvalue weighted by molar-refractivity contribution is -0.145. The quantitative estimate of drug-likeness (QED) is 0.468. The van der Waals surface area contributed by atoms with Crippen LogP contribution in [-0.4, -0.2) is 24.5 Å². The fourth-order valence-electron chi connectivity index (χ4n) is 1.76. The molecule has 0 rings (SSSR count). The molecule has 0 aliphatic rings. The number of carbonyl (C=O) groups is 2. The van der Waals surface area contributed by atoms with Crippen molar-refractivity contribution >= 4 is 11.9 Å². The van der Waals surface area contributed by atoms with Crippen LogP contribution < -0.4 is 5.32 Å². The molecule has 1 atom stereocenters. The summed E-state index contributed by atoms with van der Waals surface area (Å²) in [5.41, 5.74) is 0. The van der Waals surface area contributed by atoms with Gasteiger partial charge in [0.15, 0.2) is 0 Å². The van der Waals surface area contributed by atoms with Gasteiger partial charge in [-0.2, -0.15) is 0 Å². The van der Waals surface area contributed by atoms with Crippen molar-refractivity contribution in [1.29, 1.82) is 0 Å². The van der Waals surface area contributed by atoms with Gasteiger partial charge < -0.3 is 10.1 Å². The molecular formula is C16H27NO3. The summed E-state index contributed by atoms with van der Waals surface area (Å²) in [6, 6.07) is -0.125. The van der Waals surface area contributed by atoms with Gasteiger partial charge >= 0.3 is 5.97 Å². The maximum atomic E-state index is 11.7. The molecule has 4 heteroatoms. The lowest BCUT2D eigenvalue weighted by Gasteiger charge is -2.20.